The molecule has 2 aromatic rings. The van der Waals surface area contributed by atoms with Crippen molar-refractivity contribution in [2.45, 2.75) is 12.1 Å². The third kappa shape index (κ3) is 3.65. The van der Waals surface area contributed by atoms with E-state index in [1.165, 1.54) is 30.3 Å². The molecular weight excluding hydrogens is 271 g/mol. The van der Waals surface area contributed by atoms with Gasteiger partial charge in [0.1, 0.15) is 10.7 Å². The summed E-state index contributed by atoms with van der Waals surface area (Å²) in [6.07, 6.45) is 1.41. The molecule has 7 heteroatoms. The van der Waals surface area contributed by atoms with Crippen LogP contribution in [0.4, 0.5) is 4.39 Å². The molecule has 0 aliphatic rings. The second-order valence-corrected chi connectivity index (χ2v) is 4.55. The lowest BCUT2D eigenvalue weighted by molar-refractivity contribution is -0.131. The van der Waals surface area contributed by atoms with Crippen LogP contribution in [0.1, 0.15) is 11.5 Å². The van der Waals surface area contributed by atoms with E-state index in [9.17, 15) is 9.18 Å². The monoisotopic (exact) mass is 280 g/mol. The average molecular weight is 280 g/mol. The van der Waals surface area contributed by atoms with Crippen molar-refractivity contribution in [3.8, 4) is 0 Å². The SMILES string of the molecule is Cc1nnc(S/C(=C\c2ccc(F)cc2)C(=O)O)o1. The predicted octanol–water partition coefficient (Wildman–Crippen LogP) is 2.73. The number of hydrogen-bond donors (Lipinski definition) is 1. The van der Waals surface area contributed by atoms with Gasteiger partial charge in [0.05, 0.1) is 0 Å². The van der Waals surface area contributed by atoms with Crippen LogP contribution < -0.4 is 0 Å². The molecule has 0 aliphatic heterocycles. The number of carbonyl (C=O) groups is 1. The molecule has 0 fully saturated rings. The van der Waals surface area contributed by atoms with Crippen LogP contribution in [0, 0.1) is 12.7 Å². The van der Waals surface area contributed by atoms with Crippen molar-refractivity contribution in [3.05, 3.63) is 46.4 Å². The number of nitrogens with zero attached hydrogens (tertiary/aromatic N) is 2. The number of hydrogen-bond acceptors (Lipinski definition) is 5. The molecular formula is C12H9FN2O3S. The van der Waals surface area contributed by atoms with Gasteiger partial charge in [-0.25, -0.2) is 9.18 Å². The minimum absolute atomic E-state index is 0.00950. The highest BCUT2D eigenvalue weighted by atomic mass is 32.2. The van der Waals surface area contributed by atoms with Crippen molar-refractivity contribution >= 4 is 23.8 Å². The molecule has 98 valence electrons. The van der Waals surface area contributed by atoms with Crippen LogP contribution in [0.15, 0.2) is 38.8 Å². The van der Waals surface area contributed by atoms with Gasteiger partial charge in [0.25, 0.3) is 5.22 Å². The Morgan fingerprint density at radius 2 is 2.05 bits per heavy atom. The van der Waals surface area contributed by atoms with Gasteiger partial charge in [-0.3, -0.25) is 0 Å². The Bertz CT molecular complexity index is 622. The summed E-state index contributed by atoms with van der Waals surface area (Å²) in [7, 11) is 0. The van der Waals surface area contributed by atoms with E-state index in [1.54, 1.807) is 6.92 Å². The van der Waals surface area contributed by atoms with Gasteiger partial charge >= 0.3 is 5.97 Å². The number of aromatic nitrogens is 2. The van der Waals surface area contributed by atoms with Gasteiger partial charge in [-0.1, -0.05) is 12.1 Å². The second-order valence-electron chi connectivity index (χ2n) is 3.55. The summed E-state index contributed by atoms with van der Waals surface area (Å²) >= 11 is 0.844. The van der Waals surface area contributed by atoms with Crippen LogP contribution in [0.5, 0.6) is 0 Å². The maximum atomic E-state index is 12.8. The average Bonchev–Trinajstić information content (AvgIpc) is 2.76. The zero-order valence-electron chi connectivity index (χ0n) is 9.83. The van der Waals surface area contributed by atoms with Crippen LogP contribution in [0.25, 0.3) is 6.08 Å². The summed E-state index contributed by atoms with van der Waals surface area (Å²) in [5.41, 5.74) is 0.572. The molecule has 0 amide bonds. The van der Waals surface area contributed by atoms with E-state index < -0.39 is 5.97 Å². The van der Waals surface area contributed by atoms with Crippen LogP contribution in [0.2, 0.25) is 0 Å². The molecule has 19 heavy (non-hydrogen) atoms. The molecule has 0 bridgehead atoms. The lowest BCUT2D eigenvalue weighted by Gasteiger charge is -1.99. The fourth-order valence-electron chi connectivity index (χ4n) is 1.26. The van der Waals surface area contributed by atoms with E-state index in [4.69, 9.17) is 9.52 Å². The van der Waals surface area contributed by atoms with E-state index in [0.717, 1.165) is 11.8 Å². The Morgan fingerprint density at radius 1 is 1.37 bits per heavy atom. The van der Waals surface area contributed by atoms with E-state index in [-0.39, 0.29) is 15.9 Å². The Morgan fingerprint density at radius 3 is 2.58 bits per heavy atom. The number of carboxylic acid groups (broad SMARTS) is 1. The first-order valence-electron chi connectivity index (χ1n) is 5.23. The first kappa shape index (κ1) is 13.3. The lowest BCUT2D eigenvalue weighted by Crippen LogP contribution is -1.96. The van der Waals surface area contributed by atoms with E-state index in [2.05, 4.69) is 10.2 Å². The topological polar surface area (TPSA) is 76.2 Å². The lowest BCUT2D eigenvalue weighted by atomic mass is 10.2. The highest BCUT2D eigenvalue weighted by Crippen LogP contribution is 2.27. The van der Waals surface area contributed by atoms with Gasteiger partial charge in [0.2, 0.25) is 5.89 Å². The largest absolute Gasteiger partial charge is 0.477 e. The number of benzene rings is 1. The zero-order chi connectivity index (χ0) is 13.8. The smallest absolute Gasteiger partial charge is 0.342 e. The van der Waals surface area contributed by atoms with E-state index in [0.29, 0.717) is 11.5 Å². The number of carboxylic acids is 1. The highest BCUT2D eigenvalue weighted by molar-refractivity contribution is 8.03. The fourth-order valence-corrected chi connectivity index (χ4v) is 1.97. The van der Waals surface area contributed by atoms with Gasteiger partial charge < -0.3 is 9.52 Å². The Labute approximate surface area is 112 Å². The van der Waals surface area contributed by atoms with E-state index >= 15 is 0 Å². The summed E-state index contributed by atoms with van der Waals surface area (Å²) in [4.78, 5) is 11.1. The summed E-state index contributed by atoms with van der Waals surface area (Å²) in [6.45, 7) is 1.61. The minimum Gasteiger partial charge on any atom is -0.477 e. The van der Waals surface area contributed by atoms with Crippen molar-refractivity contribution in [1.82, 2.24) is 10.2 Å². The normalized spacial score (nSPS) is 11.6. The molecule has 0 aliphatic carbocycles. The molecule has 1 aromatic carbocycles. The third-order valence-corrected chi connectivity index (χ3v) is 2.94. The summed E-state index contributed by atoms with van der Waals surface area (Å²) in [5, 5.41) is 16.6. The van der Waals surface area contributed by atoms with Crippen molar-refractivity contribution in [1.29, 1.82) is 0 Å². The molecule has 0 saturated carbocycles. The minimum atomic E-state index is -1.12. The number of aryl methyl sites for hydroxylation is 1. The maximum Gasteiger partial charge on any atom is 0.342 e. The molecule has 0 unspecified atom stereocenters. The molecule has 2 rings (SSSR count). The molecule has 1 N–H and O–H groups in total. The highest BCUT2D eigenvalue weighted by Gasteiger charge is 2.14. The van der Waals surface area contributed by atoms with Crippen LogP contribution in [-0.4, -0.2) is 21.3 Å². The summed E-state index contributed by atoms with van der Waals surface area (Å²) in [5.74, 6) is -1.14. The number of thioether (sulfide) groups is 1. The van der Waals surface area contributed by atoms with Gasteiger partial charge in [0.15, 0.2) is 0 Å². The van der Waals surface area contributed by atoms with Gasteiger partial charge in [-0.15, -0.1) is 10.2 Å². The molecule has 5 nitrogen and oxygen atoms in total. The first-order valence-corrected chi connectivity index (χ1v) is 6.05. The van der Waals surface area contributed by atoms with Crippen LogP contribution in [0.3, 0.4) is 0 Å². The first-order chi connectivity index (χ1) is 9.04. The third-order valence-electron chi connectivity index (χ3n) is 2.08. The quantitative estimate of drug-likeness (QED) is 0.685. The summed E-state index contributed by atoms with van der Waals surface area (Å²) < 4.78 is 17.9. The van der Waals surface area contributed by atoms with Crippen molar-refractivity contribution in [3.63, 3.8) is 0 Å². The molecule has 0 radical (unpaired) electrons. The number of rotatable bonds is 4. The number of aliphatic carboxylic acids is 1. The molecule has 1 heterocycles. The number of halogens is 1. The van der Waals surface area contributed by atoms with E-state index in [1.807, 2.05) is 0 Å². The zero-order valence-corrected chi connectivity index (χ0v) is 10.6. The van der Waals surface area contributed by atoms with Gasteiger partial charge in [-0.05, 0) is 35.5 Å². The Kier molecular flexibility index (Phi) is 3.96. The predicted molar refractivity (Wildman–Crippen MR) is 66.9 cm³/mol. The van der Waals surface area contributed by atoms with Crippen molar-refractivity contribution < 1.29 is 18.7 Å². The van der Waals surface area contributed by atoms with Gasteiger partial charge in [-0.2, -0.15) is 0 Å². The fraction of sp³-hybridized carbons (Fsp3) is 0.0833. The van der Waals surface area contributed by atoms with Crippen LogP contribution >= 0.6 is 11.8 Å². The van der Waals surface area contributed by atoms with Gasteiger partial charge in [0, 0.05) is 6.92 Å². The van der Waals surface area contributed by atoms with Crippen molar-refractivity contribution in [2.24, 2.45) is 0 Å². The van der Waals surface area contributed by atoms with Crippen molar-refractivity contribution in [2.75, 3.05) is 0 Å². The second kappa shape index (κ2) is 5.66. The standard InChI is InChI=1S/C12H9FN2O3S/c1-7-14-15-12(18-7)19-10(11(16)17)6-8-2-4-9(13)5-3-8/h2-6H,1H3,(H,16,17)/b10-6-. The molecule has 0 spiro atoms. The molecule has 1 aromatic heterocycles. The molecule has 0 saturated heterocycles. The Balaban J connectivity index is 2.24. The maximum absolute atomic E-state index is 12.8. The molecule has 0 atom stereocenters. The Hall–Kier alpha value is -2.15. The summed E-state index contributed by atoms with van der Waals surface area (Å²) in [6, 6.07) is 5.48. The van der Waals surface area contributed by atoms with Crippen LogP contribution in [-0.2, 0) is 4.79 Å².